The molecule has 0 radical (unpaired) electrons. The van der Waals surface area contributed by atoms with E-state index in [9.17, 15) is 18.0 Å². The Labute approximate surface area is 130 Å². The Kier molecular flexibility index (Phi) is 5.20. The van der Waals surface area contributed by atoms with E-state index in [1.54, 1.807) is 24.3 Å². The van der Waals surface area contributed by atoms with Crippen molar-refractivity contribution >= 4 is 17.3 Å². The van der Waals surface area contributed by atoms with Crippen molar-refractivity contribution in [1.29, 1.82) is 5.26 Å². The van der Waals surface area contributed by atoms with E-state index in [-0.39, 0.29) is 13.0 Å². The van der Waals surface area contributed by atoms with E-state index in [0.29, 0.717) is 5.56 Å². The number of carbonyl (C=O) groups is 1. The van der Waals surface area contributed by atoms with Crippen LogP contribution >= 0.6 is 0 Å². The highest BCUT2D eigenvalue weighted by molar-refractivity contribution is 5.91. The molecule has 7 heteroatoms. The summed E-state index contributed by atoms with van der Waals surface area (Å²) in [6.07, 6.45) is -0.00155. The van der Waals surface area contributed by atoms with Crippen molar-refractivity contribution < 1.29 is 18.0 Å². The number of nitrogens with zero attached hydrogens (tertiary/aromatic N) is 1. The van der Waals surface area contributed by atoms with Crippen LogP contribution in [0.3, 0.4) is 0 Å². The van der Waals surface area contributed by atoms with Crippen LogP contribution in [0, 0.1) is 28.8 Å². The molecule has 2 rings (SSSR count). The summed E-state index contributed by atoms with van der Waals surface area (Å²) in [6.45, 7) is 0.253. The lowest BCUT2D eigenvalue weighted by molar-refractivity contribution is -0.116. The van der Waals surface area contributed by atoms with E-state index < -0.39 is 29.0 Å². The maximum absolute atomic E-state index is 13.4. The molecule has 0 bridgehead atoms. The zero-order valence-electron chi connectivity index (χ0n) is 11.9. The smallest absolute Gasteiger partial charge is 0.226 e. The first-order chi connectivity index (χ1) is 11.0. The average molecular weight is 319 g/mol. The standard InChI is InChI=1S/C16H12F3N3O/c17-12-5-6-13(16(19)15(12)18)22-14(23)7-8-21-11-3-1-10(9-20)2-4-11/h1-6,21H,7-8H2,(H,22,23). The lowest BCUT2D eigenvalue weighted by atomic mass is 10.2. The second-order valence-corrected chi connectivity index (χ2v) is 4.64. The highest BCUT2D eigenvalue weighted by Crippen LogP contribution is 2.19. The maximum Gasteiger partial charge on any atom is 0.226 e. The molecule has 1 amide bonds. The quantitative estimate of drug-likeness (QED) is 0.830. The summed E-state index contributed by atoms with van der Waals surface area (Å²) in [6, 6.07) is 10.3. The van der Waals surface area contributed by atoms with Gasteiger partial charge in [-0.15, -0.1) is 0 Å². The van der Waals surface area contributed by atoms with Crippen LogP contribution in [0.4, 0.5) is 24.5 Å². The fourth-order valence-corrected chi connectivity index (χ4v) is 1.82. The van der Waals surface area contributed by atoms with Gasteiger partial charge in [0.05, 0.1) is 17.3 Å². The Morgan fingerprint density at radius 1 is 1.04 bits per heavy atom. The summed E-state index contributed by atoms with van der Waals surface area (Å²) in [5.41, 5.74) is 0.824. The maximum atomic E-state index is 13.4. The number of anilines is 2. The third-order valence-electron chi connectivity index (χ3n) is 3.00. The summed E-state index contributed by atoms with van der Waals surface area (Å²) in [4.78, 5) is 11.7. The highest BCUT2D eigenvalue weighted by Gasteiger charge is 2.14. The van der Waals surface area contributed by atoms with E-state index in [2.05, 4.69) is 10.6 Å². The summed E-state index contributed by atoms with van der Waals surface area (Å²) in [5.74, 6) is -4.92. The number of hydrogen-bond acceptors (Lipinski definition) is 3. The number of halogens is 3. The molecule has 0 aliphatic heterocycles. The van der Waals surface area contributed by atoms with Gasteiger partial charge in [0.1, 0.15) is 0 Å². The van der Waals surface area contributed by atoms with E-state index in [4.69, 9.17) is 5.26 Å². The molecule has 0 saturated heterocycles. The van der Waals surface area contributed by atoms with Gasteiger partial charge in [-0.2, -0.15) is 5.26 Å². The first-order valence-corrected chi connectivity index (χ1v) is 6.68. The Hall–Kier alpha value is -3.01. The van der Waals surface area contributed by atoms with Gasteiger partial charge in [0.15, 0.2) is 17.5 Å². The van der Waals surface area contributed by atoms with E-state index >= 15 is 0 Å². The van der Waals surface area contributed by atoms with Crippen LogP contribution in [0.1, 0.15) is 12.0 Å². The molecule has 0 aromatic heterocycles. The van der Waals surface area contributed by atoms with Crippen molar-refractivity contribution in [3.05, 3.63) is 59.4 Å². The number of nitrogens with one attached hydrogen (secondary N) is 2. The topological polar surface area (TPSA) is 64.9 Å². The summed E-state index contributed by atoms with van der Waals surface area (Å²) in [7, 11) is 0. The molecule has 118 valence electrons. The molecule has 0 saturated carbocycles. The van der Waals surface area contributed by atoms with Gasteiger partial charge < -0.3 is 10.6 Å². The van der Waals surface area contributed by atoms with Crippen LogP contribution in [0.15, 0.2) is 36.4 Å². The van der Waals surface area contributed by atoms with Crippen molar-refractivity contribution in [2.75, 3.05) is 17.2 Å². The predicted molar refractivity (Wildman–Crippen MR) is 79.2 cm³/mol. The Morgan fingerprint density at radius 2 is 1.74 bits per heavy atom. The third-order valence-corrected chi connectivity index (χ3v) is 3.00. The summed E-state index contributed by atoms with van der Waals surface area (Å²) in [5, 5.41) is 13.8. The number of nitriles is 1. The minimum absolute atomic E-state index is 0.00155. The number of hydrogen-bond donors (Lipinski definition) is 2. The Balaban J connectivity index is 1.86. The zero-order valence-corrected chi connectivity index (χ0v) is 11.9. The monoisotopic (exact) mass is 319 g/mol. The fraction of sp³-hybridized carbons (Fsp3) is 0.125. The van der Waals surface area contributed by atoms with Gasteiger partial charge in [0.2, 0.25) is 5.91 Å². The first kappa shape index (κ1) is 16.4. The van der Waals surface area contributed by atoms with Crippen LogP contribution < -0.4 is 10.6 Å². The first-order valence-electron chi connectivity index (χ1n) is 6.68. The van der Waals surface area contributed by atoms with Gasteiger partial charge in [0, 0.05) is 18.7 Å². The number of carbonyl (C=O) groups excluding carboxylic acids is 1. The molecular formula is C16H12F3N3O. The molecule has 0 aliphatic rings. The molecule has 0 atom stereocenters. The van der Waals surface area contributed by atoms with Crippen molar-refractivity contribution in [3.8, 4) is 6.07 Å². The van der Waals surface area contributed by atoms with Crippen LogP contribution in [-0.4, -0.2) is 12.5 Å². The molecule has 2 N–H and O–H groups in total. The number of benzene rings is 2. The predicted octanol–water partition coefficient (Wildman–Crippen LogP) is 3.42. The summed E-state index contributed by atoms with van der Waals surface area (Å²) < 4.78 is 39.2. The molecule has 0 spiro atoms. The molecule has 2 aromatic rings. The lowest BCUT2D eigenvalue weighted by Crippen LogP contribution is -2.17. The largest absolute Gasteiger partial charge is 0.385 e. The van der Waals surface area contributed by atoms with Crippen LogP contribution in [-0.2, 0) is 4.79 Å². The molecule has 0 unspecified atom stereocenters. The van der Waals surface area contributed by atoms with Gasteiger partial charge in [-0.3, -0.25) is 4.79 Å². The van der Waals surface area contributed by atoms with Crippen LogP contribution in [0.25, 0.3) is 0 Å². The van der Waals surface area contributed by atoms with Gasteiger partial charge in [-0.05, 0) is 36.4 Å². The molecule has 0 aliphatic carbocycles. The average Bonchev–Trinajstić information content (AvgIpc) is 2.56. The van der Waals surface area contributed by atoms with Gasteiger partial charge >= 0.3 is 0 Å². The summed E-state index contributed by atoms with van der Waals surface area (Å²) >= 11 is 0. The van der Waals surface area contributed by atoms with E-state index in [0.717, 1.165) is 17.8 Å². The molecule has 2 aromatic carbocycles. The number of amides is 1. The van der Waals surface area contributed by atoms with Gasteiger partial charge in [-0.25, -0.2) is 13.2 Å². The molecule has 0 heterocycles. The van der Waals surface area contributed by atoms with Crippen molar-refractivity contribution in [3.63, 3.8) is 0 Å². The number of rotatable bonds is 5. The third kappa shape index (κ3) is 4.23. The Bertz CT molecular complexity index is 754. The van der Waals surface area contributed by atoms with Gasteiger partial charge in [0.25, 0.3) is 0 Å². The van der Waals surface area contributed by atoms with Crippen LogP contribution in [0.2, 0.25) is 0 Å². The molecular weight excluding hydrogens is 307 g/mol. The molecule has 0 fully saturated rings. The highest BCUT2D eigenvalue weighted by atomic mass is 19.2. The van der Waals surface area contributed by atoms with Crippen molar-refractivity contribution in [2.45, 2.75) is 6.42 Å². The molecule has 23 heavy (non-hydrogen) atoms. The van der Waals surface area contributed by atoms with E-state index in [1.807, 2.05) is 6.07 Å². The minimum atomic E-state index is -1.63. The second kappa shape index (κ2) is 7.31. The van der Waals surface area contributed by atoms with E-state index in [1.165, 1.54) is 0 Å². The van der Waals surface area contributed by atoms with Gasteiger partial charge in [-0.1, -0.05) is 0 Å². The lowest BCUT2D eigenvalue weighted by Gasteiger charge is -2.09. The normalized spacial score (nSPS) is 10.0. The van der Waals surface area contributed by atoms with Crippen LogP contribution in [0.5, 0.6) is 0 Å². The SMILES string of the molecule is N#Cc1ccc(NCCC(=O)Nc2ccc(F)c(F)c2F)cc1. The fourth-order valence-electron chi connectivity index (χ4n) is 1.82. The second-order valence-electron chi connectivity index (χ2n) is 4.64. The zero-order chi connectivity index (χ0) is 16.8. The van der Waals surface area contributed by atoms with Crippen molar-refractivity contribution in [1.82, 2.24) is 0 Å². The minimum Gasteiger partial charge on any atom is -0.385 e. The molecule has 4 nitrogen and oxygen atoms in total. The van der Waals surface area contributed by atoms with Crippen molar-refractivity contribution in [2.24, 2.45) is 0 Å². The Morgan fingerprint density at radius 3 is 2.39 bits per heavy atom.